The van der Waals surface area contributed by atoms with E-state index in [-0.39, 0.29) is 10.8 Å². The fraction of sp³-hybridized carbons (Fsp3) is 0.244. The van der Waals surface area contributed by atoms with Crippen molar-refractivity contribution in [2.24, 2.45) is 0 Å². The zero-order valence-corrected chi connectivity index (χ0v) is 27.9. The maximum atomic E-state index is 3.83. The molecule has 0 spiro atoms. The molecule has 4 aromatic rings. The van der Waals surface area contributed by atoms with Gasteiger partial charge in [0.05, 0.1) is 5.41 Å². The van der Waals surface area contributed by atoms with Crippen molar-refractivity contribution in [3.05, 3.63) is 147 Å². The number of nitrogens with zero attached hydrogens (tertiary/aromatic N) is 2. The first-order chi connectivity index (χ1) is 21.2. The molecule has 2 aliphatic heterocycles. The average Bonchev–Trinajstić information content (AvgIpc) is 3.35. The molecule has 0 saturated heterocycles. The van der Waals surface area contributed by atoms with E-state index in [9.17, 15) is 0 Å². The fourth-order valence-corrected chi connectivity index (χ4v) is 8.31. The Bertz CT molecular complexity index is 1970. The minimum atomic E-state index is -0.178. The number of halogens is 1. The number of anilines is 1. The molecule has 1 unspecified atom stereocenters. The molecular formula is C41H40BrN2+. The second-order valence-electron chi connectivity index (χ2n) is 13.2. The lowest BCUT2D eigenvalue weighted by Gasteiger charge is -2.29. The quantitative estimate of drug-likeness (QED) is 0.155. The molecule has 220 valence electrons. The summed E-state index contributed by atoms with van der Waals surface area (Å²) in [5.41, 5.74) is 12.1. The van der Waals surface area contributed by atoms with Crippen molar-refractivity contribution in [3.8, 4) is 0 Å². The smallest absolute Gasteiger partial charge is 0.210 e. The van der Waals surface area contributed by atoms with Gasteiger partial charge in [-0.3, -0.25) is 0 Å². The van der Waals surface area contributed by atoms with Crippen LogP contribution in [-0.4, -0.2) is 24.4 Å². The van der Waals surface area contributed by atoms with Crippen LogP contribution in [0.5, 0.6) is 0 Å². The third-order valence-electron chi connectivity index (χ3n) is 10.1. The molecule has 3 aliphatic rings. The molecule has 0 saturated carbocycles. The van der Waals surface area contributed by atoms with Crippen LogP contribution < -0.4 is 4.90 Å². The summed E-state index contributed by atoms with van der Waals surface area (Å²) in [7, 11) is 4.42. The van der Waals surface area contributed by atoms with E-state index in [2.05, 4.69) is 176 Å². The van der Waals surface area contributed by atoms with Crippen molar-refractivity contribution in [1.29, 1.82) is 0 Å². The number of fused-ring (bicyclic) bond motifs is 5. The molecule has 0 fully saturated rings. The Balaban J connectivity index is 1.23. The van der Waals surface area contributed by atoms with Gasteiger partial charge in [-0.05, 0) is 97.3 Å². The zero-order valence-electron chi connectivity index (χ0n) is 26.4. The van der Waals surface area contributed by atoms with Crippen molar-refractivity contribution < 1.29 is 4.58 Å². The van der Waals surface area contributed by atoms with Gasteiger partial charge in [0.1, 0.15) is 7.05 Å². The van der Waals surface area contributed by atoms with Crippen LogP contribution in [0.15, 0.2) is 119 Å². The van der Waals surface area contributed by atoms with E-state index in [1.54, 1.807) is 0 Å². The van der Waals surface area contributed by atoms with E-state index in [0.717, 1.165) is 23.7 Å². The predicted octanol–water partition coefficient (Wildman–Crippen LogP) is 10.2. The zero-order chi connectivity index (χ0) is 30.6. The highest BCUT2D eigenvalue weighted by molar-refractivity contribution is 9.10. The van der Waals surface area contributed by atoms with Crippen LogP contribution in [-0.2, 0) is 23.7 Å². The van der Waals surface area contributed by atoms with Crippen LogP contribution >= 0.6 is 15.9 Å². The maximum Gasteiger partial charge on any atom is 0.210 e. The van der Waals surface area contributed by atoms with E-state index in [4.69, 9.17) is 0 Å². The lowest BCUT2D eigenvalue weighted by molar-refractivity contribution is -0.401. The second-order valence-corrected chi connectivity index (χ2v) is 14.1. The Kier molecular flexibility index (Phi) is 7.13. The summed E-state index contributed by atoms with van der Waals surface area (Å²) in [5, 5.41) is 2.56. The Morgan fingerprint density at radius 1 is 0.909 bits per heavy atom. The highest BCUT2D eigenvalue weighted by Crippen LogP contribution is 2.51. The van der Waals surface area contributed by atoms with Gasteiger partial charge < -0.3 is 4.90 Å². The lowest BCUT2D eigenvalue weighted by Crippen LogP contribution is -2.28. The molecule has 0 N–H and O–H groups in total. The summed E-state index contributed by atoms with van der Waals surface area (Å²) in [6, 6.07) is 26.7. The monoisotopic (exact) mass is 639 g/mol. The number of likely N-dealkylation sites (N-methyl/N-ethyl adjacent to an activating group) is 1. The Morgan fingerprint density at radius 2 is 1.66 bits per heavy atom. The molecule has 1 aliphatic carbocycles. The molecule has 3 heteroatoms. The van der Waals surface area contributed by atoms with E-state index in [0.29, 0.717) is 0 Å². The van der Waals surface area contributed by atoms with Crippen LogP contribution in [0.4, 0.5) is 11.4 Å². The van der Waals surface area contributed by atoms with Crippen LogP contribution in [0.3, 0.4) is 0 Å². The predicted molar refractivity (Wildman–Crippen MR) is 192 cm³/mol. The van der Waals surface area contributed by atoms with Gasteiger partial charge in [-0.25, -0.2) is 0 Å². The van der Waals surface area contributed by atoms with Gasteiger partial charge in [-0.15, -0.1) is 0 Å². The third-order valence-corrected chi connectivity index (χ3v) is 10.9. The van der Waals surface area contributed by atoms with E-state index < -0.39 is 0 Å². The number of benzene rings is 4. The summed E-state index contributed by atoms with van der Waals surface area (Å²) in [4.78, 5) is 2.39. The number of allylic oxidation sites excluding steroid dienone is 7. The van der Waals surface area contributed by atoms with Crippen molar-refractivity contribution in [3.63, 3.8) is 0 Å². The third kappa shape index (κ3) is 4.56. The van der Waals surface area contributed by atoms with Crippen molar-refractivity contribution in [2.45, 2.75) is 50.9 Å². The number of rotatable bonds is 5. The SMILES string of the molecule is CN1/C(=C/C=C/C=C/C2=[N+](C)c3ccc4c(c3C2(C)C)C=CCC4)C(C)(Cc2ccccc2Br)c2cc3ccccc3cc21. The topological polar surface area (TPSA) is 6.25 Å². The van der Waals surface area contributed by atoms with Gasteiger partial charge in [0.2, 0.25) is 5.69 Å². The Labute approximate surface area is 270 Å². The van der Waals surface area contributed by atoms with Gasteiger partial charge in [-0.2, -0.15) is 4.58 Å². The molecule has 0 radical (unpaired) electrons. The molecule has 7 rings (SSSR count). The minimum absolute atomic E-state index is 0.0587. The summed E-state index contributed by atoms with van der Waals surface area (Å²) >= 11 is 3.83. The van der Waals surface area contributed by atoms with Crippen LogP contribution in [0.25, 0.3) is 16.8 Å². The maximum absolute atomic E-state index is 3.83. The number of aryl methyl sites for hydroxylation is 1. The largest absolute Gasteiger partial charge is 0.347 e. The Morgan fingerprint density at radius 3 is 2.45 bits per heavy atom. The molecule has 0 amide bonds. The first-order valence-corrected chi connectivity index (χ1v) is 16.5. The highest BCUT2D eigenvalue weighted by Gasteiger charge is 2.45. The summed E-state index contributed by atoms with van der Waals surface area (Å²) in [5.74, 6) is 0. The van der Waals surface area contributed by atoms with Gasteiger partial charge in [0.25, 0.3) is 0 Å². The summed E-state index contributed by atoms with van der Waals surface area (Å²) in [6.07, 6.45) is 19.1. The molecule has 1 atom stereocenters. The highest BCUT2D eigenvalue weighted by atomic mass is 79.9. The molecule has 4 aromatic carbocycles. The fourth-order valence-electron chi connectivity index (χ4n) is 7.88. The van der Waals surface area contributed by atoms with Gasteiger partial charge in [0.15, 0.2) is 5.71 Å². The number of hydrogen-bond acceptors (Lipinski definition) is 1. The summed E-state index contributed by atoms with van der Waals surface area (Å²) < 4.78 is 3.54. The summed E-state index contributed by atoms with van der Waals surface area (Å²) in [6.45, 7) is 7.13. The first-order valence-electron chi connectivity index (χ1n) is 15.7. The molecule has 0 aromatic heterocycles. The average molecular weight is 641 g/mol. The molecule has 2 heterocycles. The first kappa shape index (κ1) is 28.8. The second kappa shape index (κ2) is 10.9. The molecule has 44 heavy (non-hydrogen) atoms. The van der Waals surface area contributed by atoms with Gasteiger partial charge in [0, 0.05) is 46.0 Å². The van der Waals surface area contributed by atoms with Crippen molar-refractivity contribution >= 4 is 49.9 Å². The number of hydrogen-bond donors (Lipinski definition) is 0. The standard InChI is InChI=1S/C41H40BrN2/c1-40(2)37(43(4)35-24-23-28-15-11-13-19-32(28)39(35)40)21-7-6-8-22-38-41(3,27-31-18-12-14-20-34(31)42)33-25-29-16-9-10-17-30(29)26-36(33)44(38)5/h6-10,12-14,16-26H,11,15,27H2,1-5H3/q+1. The molecular weight excluding hydrogens is 600 g/mol. The lowest BCUT2D eigenvalue weighted by atomic mass is 9.76. The minimum Gasteiger partial charge on any atom is -0.347 e. The van der Waals surface area contributed by atoms with Crippen molar-refractivity contribution in [2.75, 3.05) is 19.0 Å². The van der Waals surface area contributed by atoms with Crippen molar-refractivity contribution in [1.82, 2.24) is 0 Å². The van der Waals surface area contributed by atoms with E-state index in [1.165, 1.54) is 61.4 Å². The molecule has 2 nitrogen and oxygen atoms in total. The van der Waals surface area contributed by atoms with Crippen LogP contribution in [0.2, 0.25) is 0 Å². The van der Waals surface area contributed by atoms with E-state index >= 15 is 0 Å². The Hall–Kier alpha value is -3.95. The van der Waals surface area contributed by atoms with Crippen LogP contribution in [0.1, 0.15) is 55.0 Å². The normalized spacial score (nSPS) is 21.2. The van der Waals surface area contributed by atoms with Gasteiger partial charge >= 0.3 is 0 Å². The van der Waals surface area contributed by atoms with Gasteiger partial charge in [-0.1, -0.05) is 94.8 Å². The molecule has 0 bridgehead atoms. The van der Waals surface area contributed by atoms with E-state index in [1.807, 2.05) is 0 Å². The van der Waals surface area contributed by atoms with Crippen LogP contribution in [0, 0.1) is 0 Å².